The Balaban J connectivity index is 0.00000110. The van der Waals surface area contributed by atoms with Crippen molar-refractivity contribution >= 4 is 47.3 Å². The summed E-state index contributed by atoms with van der Waals surface area (Å²) in [5.74, 6) is 0.117. The number of hydrogen-bond donors (Lipinski definition) is 2. The summed E-state index contributed by atoms with van der Waals surface area (Å²) in [4.78, 5) is 16.5. The smallest absolute Gasteiger partial charge is 0.227 e. The number of nitrogens with two attached hydrogens (primary N) is 1. The van der Waals surface area contributed by atoms with E-state index in [4.69, 9.17) is 5.73 Å². The first-order chi connectivity index (χ1) is 9.24. The van der Waals surface area contributed by atoms with E-state index in [0.29, 0.717) is 0 Å². The molecule has 1 fully saturated rings. The van der Waals surface area contributed by atoms with Gasteiger partial charge in [-0.2, -0.15) is 0 Å². The number of nitrogens with zero attached hydrogens (tertiary/aromatic N) is 1. The molecule has 21 heavy (non-hydrogen) atoms. The van der Waals surface area contributed by atoms with Gasteiger partial charge in [0.05, 0.1) is 11.2 Å². The van der Waals surface area contributed by atoms with Crippen LogP contribution in [0.15, 0.2) is 36.5 Å². The average molecular weight is 328 g/mol. The molecule has 2 aromatic rings. The number of pyridine rings is 1. The second kappa shape index (κ2) is 7.59. The first-order valence-corrected chi connectivity index (χ1v) is 6.64. The summed E-state index contributed by atoms with van der Waals surface area (Å²) in [5.41, 5.74) is 7.58. The maximum Gasteiger partial charge on any atom is 0.227 e. The van der Waals surface area contributed by atoms with E-state index in [0.717, 1.165) is 35.9 Å². The van der Waals surface area contributed by atoms with E-state index in [1.165, 1.54) is 0 Å². The van der Waals surface area contributed by atoms with E-state index in [9.17, 15) is 4.79 Å². The Labute approximate surface area is 136 Å². The lowest BCUT2D eigenvalue weighted by Gasteiger charge is -2.12. The minimum atomic E-state index is 0. The van der Waals surface area contributed by atoms with Gasteiger partial charge in [-0.1, -0.05) is 6.07 Å². The van der Waals surface area contributed by atoms with Crippen LogP contribution in [-0.4, -0.2) is 16.9 Å². The Morgan fingerprint density at radius 3 is 2.71 bits per heavy atom. The van der Waals surface area contributed by atoms with Crippen LogP contribution >= 0.6 is 24.8 Å². The molecule has 1 heterocycles. The van der Waals surface area contributed by atoms with Crippen molar-refractivity contribution in [1.29, 1.82) is 0 Å². The number of nitrogens with one attached hydrogen (secondary N) is 1. The number of hydrogen-bond acceptors (Lipinski definition) is 3. The predicted octanol–water partition coefficient (Wildman–Crippen LogP) is 3.14. The summed E-state index contributed by atoms with van der Waals surface area (Å²) in [5, 5.41) is 3.99. The molecule has 4 nitrogen and oxygen atoms in total. The number of halogens is 2. The molecule has 1 aromatic carbocycles. The Hall–Kier alpha value is -1.36. The van der Waals surface area contributed by atoms with Crippen LogP contribution in [0.4, 0.5) is 5.69 Å². The van der Waals surface area contributed by atoms with Crippen molar-refractivity contribution in [2.24, 2.45) is 11.7 Å². The molecule has 1 aliphatic carbocycles. The zero-order valence-corrected chi connectivity index (χ0v) is 13.1. The summed E-state index contributed by atoms with van der Waals surface area (Å²) in [7, 11) is 0. The van der Waals surface area contributed by atoms with Gasteiger partial charge in [-0.25, -0.2) is 0 Å². The van der Waals surface area contributed by atoms with E-state index in [1.54, 1.807) is 6.20 Å². The number of carbonyl (C=O) groups is 1. The van der Waals surface area contributed by atoms with E-state index >= 15 is 0 Å². The largest absolute Gasteiger partial charge is 0.328 e. The van der Waals surface area contributed by atoms with Gasteiger partial charge in [-0.15, -0.1) is 24.8 Å². The van der Waals surface area contributed by atoms with Crippen LogP contribution in [0.2, 0.25) is 0 Å². The van der Waals surface area contributed by atoms with Crippen molar-refractivity contribution in [3.8, 4) is 0 Å². The van der Waals surface area contributed by atoms with Gasteiger partial charge in [-0.05, 0) is 43.5 Å². The van der Waals surface area contributed by atoms with Gasteiger partial charge in [0.15, 0.2) is 0 Å². The van der Waals surface area contributed by atoms with Crippen LogP contribution in [0, 0.1) is 5.92 Å². The van der Waals surface area contributed by atoms with Crippen molar-refractivity contribution in [3.63, 3.8) is 0 Å². The highest BCUT2D eigenvalue weighted by Gasteiger charge is 2.27. The zero-order chi connectivity index (χ0) is 13.2. The van der Waals surface area contributed by atoms with Crippen molar-refractivity contribution < 1.29 is 4.79 Å². The molecular formula is C15H19Cl2N3O. The van der Waals surface area contributed by atoms with E-state index in [2.05, 4.69) is 10.3 Å². The second-order valence-electron chi connectivity index (χ2n) is 5.13. The SMILES string of the molecule is Cl.Cl.NC1CCC(C(=O)Nc2cccc3ncccc23)C1. The molecule has 114 valence electrons. The summed E-state index contributed by atoms with van der Waals surface area (Å²) in [6.45, 7) is 0. The Bertz CT molecular complexity index is 615. The van der Waals surface area contributed by atoms with Crippen LogP contribution in [0.25, 0.3) is 10.9 Å². The van der Waals surface area contributed by atoms with Crippen LogP contribution in [0.3, 0.4) is 0 Å². The van der Waals surface area contributed by atoms with Crippen LogP contribution < -0.4 is 11.1 Å². The normalized spacial score (nSPS) is 20.4. The Morgan fingerprint density at radius 2 is 2.00 bits per heavy atom. The van der Waals surface area contributed by atoms with Crippen LogP contribution in [-0.2, 0) is 4.79 Å². The number of anilines is 1. The van der Waals surface area contributed by atoms with Crippen LogP contribution in [0.5, 0.6) is 0 Å². The molecule has 3 rings (SSSR count). The predicted molar refractivity (Wildman–Crippen MR) is 90.2 cm³/mol. The summed E-state index contributed by atoms with van der Waals surface area (Å²) in [6.07, 6.45) is 4.37. The summed E-state index contributed by atoms with van der Waals surface area (Å²) >= 11 is 0. The molecule has 1 amide bonds. The van der Waals surface area contributed by atoms with E-state index in [-0.39, 0.29) is 42.7 Å². The molecule has 0 spiro atoms. The molecule has 0 radical (unpaired) electrons. The maximum atomic E-state index is 12.2. The van der Waals surface area contributed by atoms with Gasteiger partial charge in [0, 0.05) is 23.5 Å². The fraction of sp³-hybridized carbons (Fsp3) is 0.333. The number of rotatable bonds is 2. The number of amides is 1. The molecule has 0 bridgehead atoms. The van der Waals surface area contributed by atoms with E-state index < -0.39 is 0 Å². The second-order valence-corrected chi connectivity index (χ2v) is 5.13. The Kier molecular flexibility index (Phi) is 6.40. The molecule has 2 atom stereocenters. The third kappa shape index (κ3) is 3.84. The molecular weight excluding hydrogens is 309 g/mol. The molecule has 2 unspecified atom stereocenters. The number of benzene rings is 1. The van der Waals surface area contributed by atoms with Crippen molar-refractivity contribution in [2.75, 3.05) is 5.32 Å². The molecule has 1 saturated carbocycles. The minimum Gasteiger partial charge on any atom is -0.328 e. The molecule has 6 heteroatoms. The molecule has 0 aliphatic heterocycles. The fourth-order valence-corrected chi connectivity index (χ4v) is 2.70. The quantitative estimate of drug-likeness (QED) is 0.890. The van der Waals surface area contributed by atoms with Crippen molar-refractivity contribution in [1.82, 2.24) is 4.98 Å². The molecule has 0 saturated heterocycles. The lowest BCUT2D eigenvalue weighted by atomic mass is 10.1. The third-order valence-electron chi connectivity index (χ3n) is 3.75. The monoisotopic (exact) mass is 327 g/mol. The number of carbonyl (C=O) groups excluding carboxylic acids is 1. The Morgan fingerprint density at radius 1 is 1.19 bits per heavy atom. The lowest BCUT2D eigenvalue weighted by molar-refractivity contribution is -0.119. The van der Waals surface area contributed by atoms with E-state index in [1.807, 2.05) is 30.3 Å². The highest BCUT2D eigenvalue weighted by atomic mass is 35.5. The standard InChI is InChI=1S/C15H17N3O.2ClH/c16-11-7-6-10(9-11)15(19)18-14-5-1-4-13-12(14)3-2-8-17-13;;/h1-5,8,10-11H,6-7,9,16H2,(H,18,19);2*1H. The van der Waals surface area contributed by atoms with Crippen LogP contribution in [0.1, 0.15) is 19.3 Å². The third-order valence-corrected chi connectivity index (χ3v) is 3.75. The first kappa shape index (κ1) is 17.7. The number of aromatic nitrogens is 1. The molecule has 3 N–H and O–H groups in total. The maximum absolute atomic E-state index is 12.2. The van der Waals surface area contributed by atoms with Crippen molar-refractivity contribution in [3.05, 3.63) is 36.5 Å². The van der Waals surface area contributed by atoms with Gasteiger partial charge in [-0.3, -0.25) is 9.78 Å². The topological polar surface area (TPSA) is 68.0 Å². The summed E-state index contributed by atoms with van der Waals surface area (Å²) < 4.78 is 0. The number of fused-ring (bicyclic) bond motifs is 1. The zero-order valence-electron chi connectivity index (χ0n) is 11.5. The first-order valence-electron chi connectivity index (χ1n) is 6.64. The lowest BCUT2D eigenvalue weighted by Crippen LogP contribution is -2.23. The van der Waals surface area contributed by atoms with Gasteiger partial charge in [0.25, 0.3) is 0 Å². The van der Waals surface area contributed by atoms with Crippen molar-refractivity contribution in [2.45, 2.75) is 25.3 Å². The minimum absolute atomic E-state index is 0. The molecule has 1 aromatic heterocycles. The highest BCUT2D eigenvalue weighted by Crippen LogP contribution is 2.27. The molecule has 1 aliphatic rings. The van der Waals surface area contributed by atoms with Gasteiger partial charge in [0.2, 0.25) is 5.91 Å². The van der Waals surface area contributed by atoms with Gasteiger partial charge < -0.3 is 11.1 Å². The van der Waals surface area contributed by atoms with Gasteiger partial charge >= 0.3 is 0 Å². The average Bonchev–Trinajstić information content (AvgIpc) is 2.86. The summed E-state index contributed by atoms with van der Waals surface area (Å²) in [6, 6.07) is 9.78. The fourth-order valence-electron chi connectivity index (χ4n) is 2.70. The highest BCUT2D eigenvalue weighted by molar-refractivity contribution is 6.01. The van der Waals surface area contributed by atoms with Gasteiger partial charge in [0.1, 0.15) is 0 Å².